The van der Waals surface area contributed by atoms with Gasteiger partial charge in [0.25, 0.3) is 5.91 Å². The summed E-state index contributed by atoms with van der Waals surface area (Å²) >= 11 is 2.76. The Balaban J connectivity index is 1.42. The minimum atomic E-state index is -0.626. The summed E-state index contributed by atoms with van der Waals surface area (Å²) < 4.78 is 15.7. The van der Waals surface area contributed by atoms with E-state index >= 15 is 0 Å². The molecular formula is C20H16N2O6S2. The van der Waals surface area contributed by atoms with Crippen LogP contribution in [0.15, 0.2) is 29.0 Å². The second-order valence-electron chi connectivity index (χ2n) is 6.38. The van der Waals surface area contributed by atoms with E-state index in [-0.39, 0.29) is 23.8 Å². The van der Waals surface area contributed by atoms with E-state index in [1.807, 2.05) is 16.8 Å². The number of amides is 1. The molecule has 0 bridgehead atoms. The number of nitrogens with zero attached hydrogens (tertiary/aromatic N) is 1. The van der Waals surface area contributed by atoms with Crippen LogP contribution in [0.1, 0.15) is 32.6 Å². The molecule has 0 saturated heterocycles. The minimum absolute atomic E-state index is 0.0449. The molecule has 1 amide bonds. The Hall–Kier alpha value is -3.24. The summed E-state index contributed by atoms with van der Waals surface area (Å²) in [6, 6.07) is 4.95. The molecule has 1 N–H and O–H groups in total. The predicted molar refractivity (Wildman–Crippen MR) is 112 cm³/mol. The first kappa shape index (κ1) is 20.0. The van der Waals surface area contributed by atoms with Crippen molar-refractivity contribution in [2.75, 3.05) is 18.7 Å². The molecule has 30 heavy (non-hydrogen) atoms. The SMILES string of the molecule is CC(=O)c1cc2c(cc1NC(=O)COC(=O)c1sc(-c3ccsc3)nc1C)OCO2. The summed E-state index contributed by atoms with van der Waals surface area (Å²) in [5.41, 5.74) is 2.02. The fourth-order valence-corrected chi connectivity index (χ4v) is 4.49. The molecule has 0 fully saturated rings. The van der Waals surface area contributed by atoms with Crippen molar-refractivity contribution in [3.63, 3.8) is 0 Å². The number of carbonyl (C=O) groups excluding carboxylic acids is 3. The molecule has 3 heterocycles. The van der Waals surface area contributed by atoms with Gasteiger partial charge in [0, 0.05) is 22.6 Å². The van der Waals surface area contributed by atoms with E-state index in [1.165, 1.54) is 30.4 Å². The molecule has 154 valence electrons. The number of rotatable bonds is 6. The average molecular weight is 444 g/mol. The smallest absolute Gasteiger partial charge is 0.350 e. The van der Waals surface area contributed by atoms with E-state index in [1.54, 1.807) is 18.3 Å². The largest absolute Gasteiger partial charge is 0.454 e. The van der Waals surface area contributed by atoms with Crippen LogP contribution in [0.2, 0.25) is 0 Å². The van der Waals surface area contributed by atoms with Gasteiger partial charge in [-0.1, -0.05) is 0 Å². The first-order chi connectivity index (χ1) is 14.4. The van der Waals surface area contributed by atoms with Gasteiger partial charge >= 0.3 is 5.97 Å². The molecule has 8 nitrogen and oxygen atoms in total. The first-order valence-corrected chi connectivity index (χ1v) is 10.6. The second kappa shape index (κ2) is 8.25. The van der Waals surface area contributed by atoms with Crippen LogP contribution in [0, 0.1) is 6.92 Å². The number of anilines is 1. The van der Waals surface area contributed by atoms with Gasteiger partial charge < -0.3 is 19.5 Å². The zero-order valence-electron chi connectivity index (χ0n) is 16.0. The summed E-state index contributed by atoms with van der Waals surface area (Å²) in [4.78, 5) is 41.4. The number of aryl methyl sites for hydroxylation is 1. The second-order valence-corrected chi connectivity index (χ2v) is 8.16. The number of Topliss-reactive ketones (excluding diaryl/α,β-unsaturated/α-hetero) is 1. The number of hydrogen-bond acceptors (Lipinski definition) is 9. The van der Waals surface area contributed by atoms with Crippen LogP contribution < -0.4 is 14.8 Å². The Labute approximate surface area is 179 Å². The van der Waals surface area contributed by atoms with Crippen LogP contribution >= 0.6 is 22.7 Å². The van der Waals surface area contributed by atoms with E-state index in [2.05, 4.69) is 10.3 Å². The summed E-state index contributed by atoms with van der Waals surface area (Å²) in [5.74, 6) is -0.592. The van der Waals surface area contributed by atoms with Crippen molar-refractivity contribution in [1.82, 2.24) is 4.98 Å². The van der Waals surface area contributed by atoms with Gasteiger partial charge in [-0.15, -0.1) is 11.3 Å². The van der Waals surface area contributed by atoms with Crippen LogP contribution in [0.4, 0.5) is 5.69 Å². The van der Waals surface area contributed by atoms with Crippen molar-refractivity contribution < 1.29 is 28.6 Å². The van der Waals surface area contributed by atoms with E-state index in [0.717, 1.165) is 10.6 Å². The number of hydrogen-bond donors (Lipinski definition) is 1. The highest BCUT2D eigenvalue weighted by molar-refractivity contribution is 7.17. The number of nitrogens with one attached hydrogen (secondary N) is 1. The third-order valence-electron chi connectivity index (χ3n) is 4.25. The van der Waals surface area contributed by atoms with Crippen molar-refractivity contribution in [1.29, 1.82) is 0 Å². The molecule has 0 aliphatic carbocycles. The summed E-state index contributed by atoms with van der Waals surface area (Å²) in [6.45, 7) is 2.64. The van der Waals surface area contributed by atoms with Crippen molar-refractivity contribution >= 4 is 46.0 Å². The predicted octanol–water partition coefficient (Wildman–Crippen LogP) is 3.91. The van der Waals surface area contributed by atoms with E-state index in [4.69, 9.17) is 14.2 Å². The number of ether oxygens (including phenoxy) is 3. The van der Waals surface area contributed by atoms with Crippen molar-refractivity contribution in [2.45, 2.75) is 13.8 Å². The molecule has 0 unspecified atom stereocenters. The van der Waals surface area contributed by atoms with E-state index in [9.17, 15) is 14.4 Å². The summed E-state index contributed by atoms with van der Waals surface area (Å²) in [7, 11) is 0. The molecule has 1 aromatic carbocycles. The third kappa shape index (κ3) is 4.05. The van der Waals surface area contributed by atoms with Gasteiger partial charge in [0.2, 0.25) is 6.79 Å². The van der Waals surface area contributed by atoms with Gasteiger partial charge in [0.15, 0.2) is 23.9 Å². The Morgan fingerprint density at radius 3 is 2.70 bits per heavy atom. The van der Waals surface area contributed by atoms with Gasteiger partial charge in [-0.05, 0) is 31.4 Å². The number of carbonyl (C=O) groups is 3. The number of aromatic nitrogens is 1. The molecule has 0 atom stereocenters. The van der Waals surface area contributed by atoms with Crippen LogP contribution in [-0.2, 0) is 9.53 Å². The number of benzene rings is 1. The lowest BCUT2D eigenvalue weighted by Crippen LogP contribution is -2.22. The Bertz CT molecular complexity index is 1140. The fraction of sp³-hybridized carbons (Fsp3) is 0.200. The topological polar surface area (TPSA) is 104 Å². The highest BCUT2D eigenvalue weighted by Gasteiger charge is 2.22. The average Bonchev–Trinajstić information content (AvgIpc) is 3.45. The molecule has 10 heteroatoms. The maximum absolute atomic E-state index is 12.4. The number of fused-ring (bicyclic) bond motifs is 1. The van der Waals surface area contributed by atoms with E-state index in [0.29, 0.717) is 22.1 Å². The van der Waals surface area contributed by atoms with Crippen molar-refractivity contribution in [2.24, 2.45) is 0 Å². The molecule has 0 radical (unpaired) electrons. The number of esters is 1. The lowest BCUT2D eigenvalue weighted by Gasteiger charge is -2.11. The monoisotopic (exact) mass is 444 g/mol. The minimum Gasteiger partial charge on any atom is -0.454 e. The van der Waals surface area contributed by atoms with E-state index < -0.39 is 18.5 Å². The zero-order chi connectivity index (χ0) is 21.3. The summed E-state index contributed by atoms with van der Waals surface area (Å²) in [5, 5.41) is 7.18. The molecule has 1 aliphatic heterocycles. The highest BCUT2D eigenvalue weighted by Crippen LogP contribution is 2.37. The lowest BCUT2D eigenvalue weighted by molar-refractivity contribution is -0.119. The maximum atomic E-state index is 12.4. The summed E-state index contributed by atoms with van der Waals surface area (Å²) in [6.07, 6.45) is 0. The third-order valence-corrected chi connectivity index (χ3v) is 6.12. The van der Waals surface area contributed by atoms with Gasteiger partial charge in [-0.25, -0.2) is 9.78 Å². The molecule has 3 aromatic rings. The standard InChI is InChI=1S/C20H16N2O6S2/c1-10-18(30-19(21-10)12-3-4-29-8-12)20(25)26-7-17(24)22-14-6-16-15(27-9-28-16)5-13(14)11(2)23/h3-6,8H,7,9H2,1-2H3,(H,22,24). The normalized spacial score (nSPS) is 11.9. The first-order valence-electron chi connectivity index (χ1n) is 8.84. The van der Waals surface area contributed by atoms with Crippen LogP contribution in [-0.4, -0.2) is 36.0 Å². The molecule has 0 saturated carbocycles. The Morgan fingerprint density at radius 1 is 1.23 bits per heavy atom. The number of ketones is 1. The number of thiophene rings is 1. The highest BCUT2D eigenvalue weighted by atomic mass is 32.1. The fourth-order valence-electron chi connectivity index (χ4n) is 2.82. The Morgan fingerprint density at radius 2 is 2.00 bits per heavy atom. The van der Waals surface area contributed by atoms with Crippen LogP contribution in [0.25, 0.3) is 10.6 Å². The van der Waals surface area contributed by atoms with Gasteiger partial charge in [0.05, 0.1) is 11.4 Å². The Kier molecular flexibility index (Phi) is 5.51. The van der Waals surface area contributed by atoms with Crippen LogP contribution in [0.5, 0.6) is 11.5 Å². The maximum Gasteiger partial charge on any atom is 0.350 e. The molecular weight excluding hydrogens is 428 g/mol. The molecule has 4 rings (SSSR count). The van der Waals surface area contributed by atoms with Gasteiger partial charge in [-0.3, -0.25) is 9.59 Å². The van der Waals surface area contributed by atoms with Gasteiger partial charge in [0.1, 0.15) is 9.88 Å². The molecule has 2 aromatic heterocycles. The zero-order valence-corrected chi connectivity index (χ0v) is 17.6. The quantitative estimate of drug-likeness (QED) is 0.454. The lowest BCUT2D eigenvalue weighted by atomic mass is 10.1. The van der Waals surface area contributed by atoms with Crippen molar-refractivity contribution in [3.05, 3.63) is 45.1 Å². The van der Waals surface area contributed by atoms with Crippen molar-refractivity contribution in [3.8, 4) is 22.1 Å². The van der Waals surface area contributed by atoms with Crippen LogP contribution in [0.3, 0.4) is 0 Å². The molecule has 1 aliphatic rings. The van der Waals surface area contributed by atoms with Gasteiger partial charge in [-0.2, -0.15) is 11.3 Å². The molecule has 0 spiro atoms. The number of thiazole rings is 1.